The van der Waals surface area contributed by atoms with E-state index in [9.17, 15) is 4.79 Å². The summed E-state index contributed by atoms with van der Waals surface area (Å²) < 4.78 is 5.38. The van der Waals surface area contributed by atoms with Crippen molar-refractivity contribution >= 4 is 35.8 Å². The lowest BCUT2D eigenvalue weighted by atomic mass is 10.1. The lowest BCUT2D eigenvalue weighted by Gasteiger charge is -2.19. The first-order valence-corrected chi connectivity index (χ1v) is 7.63. The molecule has 1 fully saturated rings. The van der Waals surface area contributed by atoms with E-state index in [1.807, 2.05) is 0 Å². The van der Waals surface area contributed by atoms with Crippen molar-refractivity contribution in [2.45, 2.75) is 25.3 Å². The average molecular weight is 422 g/mol. The van der Waals surface area contributed by atoms with Crippen molar-refractivity contribution in [2.24, 2.45) is 10.9 Å². The molecule has 1 aliphatic heterocycles. The molecule has 0 aromatic heterocycles. The third kappa shape index (κ3) is 6.51. The monoisotopic (exact) mass is 422 g/mol. The summed E-state index contributed by atoms with van der Waals surface area (Å²) in [5.41, 5.74) is 0. The van der Waals surface area contributed by atoms with Crippen LogP contribution in [0.3, 0.4) is 0 Å². The number of nitrogens with one attached hydrogen (secondary N) is 2. The molecule has 1 atom stereocenters. The number of halogens is 1. The van der Waals surface area contributed by atoms with Gasteiger partial charge in [-0.2, -0.15) is 0 Å². The lowest BCUT2D eigenvalue weighted by molar-refractivity contribution is -0.127. The molecule has 0 saturated carbocycles. The fourth-order valence-corrected chi connectivity index (χ4v) is 2.35. The minimum absolute atomic E-state index is 0. The molecule has 0 aromatic carbocycles. The standard InChI is InChI=1S/C15H26N4O2.HI/c1-19(2)14(20)10-17-15(18-13-5-3-4-6-13)16-9-12-7-8-21-11-12;/h3-4,12-13H,5-11H2,1-2H3,(H2,16,17,18);1H. The largest absolute Gasteiger partial charge is 0.381 e. The summed E-state index contributed by atoms with van der Waals surface area (Å²) in [6, 6.07) is 0.380. The Balaban J connectivity index is 0.00000242. The van der Waals surface area contributed by atoms with Crippen LogP contribution in [-0.2, 0) is 9.53 Å². The van der Waals surface area contributed by atoms with E-state index in [0.29, 0.717) is 12.0 Å². The molecule has 1 heterocycles. The number of carbonyl (C=O) groups excluding carboxylic acids is 1. The first-order valence-electron chi connectivity index (χ1n) is 7.63. The number of nitrogens with zero attached hydrogens (tertiary/aromatic N) is 2. The maximum atomic E-state index is 11.7. The molecule has 126 valence electrons. The minimum atomic E-state index is 0. The van der Waals surface area contributed by atoms with Crippen LogP contribution in [0.1, 0.15) is 19.3 Å². The Morgan fingerprint density at radius 3 is 2.68 bits per heavy atom. The molecule has 0 radical (unpaired) electrons. The highest BCUT2D eigenvalue weighted by atomic mass is 127. The molecule has 0 spiro atoms. The average Bonchev–Trinajstić information content (AvgIpc) is 3.14. The smallest absolute Gasteiger partial charge is 0.243 e. The van der Waals surface area contributed by atoms with Crippen LogP contribution in [-0.4, -0.2) is 63.2 Å². The van der Waals surface area contributed by atoms with Crippen LogP contribution in [0.15, 0.2) is 17.1 Å². The van der Waals surface area contributed by atoms with Crippen LogP contribution in [0.2, 0.25) is 0 Å². The number of ether oxygens (including phenoxy) is 1. The van der Waals surface area contributed by atoms with Crippen molar-refractivity contribution in [1.29, 1.82) is 0 Å². The quantitative estimate of drug-likeness (QED) is 0.300. The molecule has 22 heavy (non-hydrogen) atoms. The minimum Gasteiger partial charge on any atom is -0.381 e. The van der Waals surface area contributed by atoms with E-state index >= 15 is 0 Å². The number of aliphatic imine (C=N–C) groups is 1. The third-order valence-electron chi connectivity index (χ3n) is 3.80. The van der Waals surface area contributed by atoms with E-state index in [1.54, 1.807) is 19.0 Å². The van der Waals surface area contributed by atoms with E-state index in [2.05, 4.69) is 27.8 Å². The molecule has 2 rings (SSSR count). The second-order valence-electron chi connectivity index (χ2n) is 5.85. The Bertz CT molecular complexity index is 398. The van der Waals surface area contributed by atoms with Gasteiger partial charge < -0.3 is 20.3 Å². The number of rotatable bonds is 5. The molecule has 1 saturated heterocycles. The number of guanidine groups is 1. The van der Waals surface area contributed by atoms with Gasteiger partial charge in [-0.3, -0.25) is 4.79 Å². The van der Waals surface area contributed by atoms with Gasteiger partial charge in [0.25, 0.3) is 0 Å². The lowest BCUT2D eigenvalue weighted by Crippen LogP contribution is -2.44. The predicted molar refractivity (Wildman–Crippen MR) is 98.6 cm³/mol. The van der Waals surface area contributed by atoms with Crippen molar-refractivity contribution in [2.75, 3.05) is 40.4 Å². The number of hydrogen-bond donors (Lipinski definition) is 2. The first-order chi connectivity index (χ1) is 10.1. The van der Waals surface area contributed by atoms with Gasteiger partial charge in [0, 0.05) is 39.2 Å². The summed E-state index contributed by atoms with van der Waals surface area (Å²) in [5, 5.41) is 6.74. The SMILES string of the molecule is CN(C)C(=O)CN=C(NCC1CCOC1)NC1CC=CC1.I. The van der Waals surface area contributed by atoms with Crippen molar-refractivity contribution < 1.29 is 9.53 Å². The predicted octanol–water partition coefficient (Wildman–Crippen LogP) is 0.983. The van der Waals surface area contributed by atoms with Crippen LogP contribution >= 0.6 is 24.0 Å². The summed E-state index contributed by atoms with van der Waals surface area (Å²) in [7, 11) is 3.49. The van der Waals surface area contributed by atoms with Gasteiger partial charge >= 0.3 is 0 Å². The Morgan fingerprint density at radius 1 is 1.36 bits per heavy atom. The summed E-state index contributed by atoms with van der Waals surface area (Å²) in [4.78, 5) is 17.6. The second-order valence-corrected chi connectivity index (χ2v) is 5.85. The summed E-state index contributed by atoms with van der Waals surface area (Å²) in [6.45, 7) is 2.66. The van der Waals surface area contributed by atoms with Crippen molar-refractivity contribution in [3.8, 4) is 0 Å². The van der Waals surface area contributed by atoms with Gasteiger partial charge in [0.15, 0.2) is 5.96 Å². The zero-order valence-electron chi connectivity index (χ0n) is 13.4. The van der Waals surface area contributed by atoms with Gasteiger partial charge in [0.05, 0.1) is 6.61 Å². The molecule has 1 aliphatic carbocycles. The van der Waals surface area contributed by atoms with E-state index in [1.165, 1.54) is 0 Å². The first kappa shape index (κ1) is 19.2. The molecule has 0 aromatic rings. The molecular formula is C15H27IN4O2. The van der Waals surface area contributed by atoms with Gasteiger partial charge in [-0.25, -0.2) is 4.99 Å². The fraction of sp³-hybridized carbons (Fsp3) is 0.733. The summed E-state index contributed by atoms with van der Waals surface area (Å²) in [6.07, 6.45) is 7.45. The highest BCUT2D eigenvalue weighted by molar-refractivity contribution is 14.0. The van der Waals surface area contributed by atoms with Crippen LogP contribution in [0.4, 0.5) is 0 Å². The molecule has 6 nitrogen and oxygen atoms in total. The molecule has 0 bridgehead atoms. The molecule has 1 unspecified atom stereocenters. The van der Waals surface area contributed by atoms with E-state index in [-0.39, 0.29) is 36.4 Å². The maximum Gasteiger partial charge on any atom is 0.243 e. The highest BCUT2D eigenvalue weighted by Gasteiger charge is 2.17. The Kier molecular flexibility index (Phi) is 8.77. The normalized spacial score (nSPS) is 21.5. The maximum absolute atomic E-state index is 11.7. The number of carbonyl (C=O) groups is 1. The molecule has 1 amide bonds. The molecular weight excluding hydrogens is 395 g/mol. The van der Waals surface area contributed by atoms with Crippen LogP contribution in [0, 0.1) is 5.92 Å². The number of hydrogen-bond acceptors (Lipinski definition) is 3. The third-order valence-corrected chi connectivity index (χ3v) is 3.80. The van der Waals surface area contributed by atoms with E-state index in [4.69, 9.17) is 4.74 Å². The van der Waals surface area contributed by atoms with Crippen molar-refractivity contribution in [3.63, 3.8) is 0 Å². The van der Waals surface area contributed by atoms with Gasteiger partial charge in [-0.05, 0) is 19.3 Å². The van der Waals surface area contributed by atoms with Crippen molar-refractivity contribution in [1.82, 2.24) is 15.5 Å². The van der Waals surface area contributed by atoms with Crippen LogP contribution in [0.5, 0.6) is 0 Å². The van der Waals surface area contributed by atoms with Crippen LogP contribution < -0.4 is 10.6 Å². The van der Waals surface area contributed by atoms with Gasteiger partial charge in [-0.15, -0.1) is 24.0 Å². The molecule has 2 N–H and O–H groups in total. The fourth-order valence-electron chi connectivity index (χ4n) is 2.35. The second kappa shape index (κ2) is 10.0. The highest BCUT2D eigenvalue weighted by Crippen LogP contribution is 2.11. The topological polar surface area (TPSA) is 66.0 Å². The van der Waals surface area contributed by atoms with Crippen molar-refractivity contribution in [3.05, 3.63) is 12.2 Å². The molecule has 7 heteroatoms. The van der Waals surface area contributed by atoms with E-state index < -0.39 is 0 Å². The van der Waals surface area contributed by atoms with Gasteiger partial charge in [0.1, 0.15) is 6.54 Å². The van der Waals surface area contributed by atoms with Gasteiger partial charge in [-0.1, -0.05) is 12.2 Å². The Labute approximate surface area is 149 Å². The van der Waals surface area contributed by atoms with E-state index in [0.717, 1.165) is 45.0 Å². The number of likely N-dealkylation sites (N-methyl/N-ethyl adjacent to an activating group) is 1. The summed E-state index contributed by atoms with van der Waals surface area (Å²) in [5.74, 6) is 1.26. The number of amides is 1. The zero-order chi connectivity index (χ0) is 15.1. The Hall–Kier alpha value is -0.830. The van der Waals surface area contributed by atoms with Crippen LogP contribution in [0.25, 0.3) is 0 Å². The van der Waals surface area contributed by atoms with Gasteiger partial charge in [0.2, 0.25) is 5.91 Å². The zero-order valence-corrected chi connectivity index (χ0v) is 15.7. The summed E-state index contributed by atoms with van der Waals surface area (Å²) >= 11 is 0. The molecule has 2 aliphatic rings. The Morgan fingerprint density at radius 2 is 2.09 bits per heavy atom.